The van der Waals surface area contributed by atoms with Gasteiger partial charge in [-0.3, -0.25) is 9.69 Å². The molecular weight excluding hydrogens is 1180 g/mol. The fourth-order valence-electron chi connectivity index (χ4n) is 16.1. The van der Waals surface area contributed by atoms with Gasteiger partial charge >= 0.3 is 11.9 Å². The number of fused-ring (bicyclic) bond motifs is 9. The van der Waals surface area contributed by atoms with Crippen LogP contribution in [0.15, 0.2) is 132 Å². The average molecular weight is 1260 g/mol. The van der Waals surface area contributed by atoms with E-state index in [1.807, 2.05) is 60.7 Å². The van der Waals surface area contributed by atoms with Crippen LogP contribution >= 0.6 is 0 Å². The van der Waals surface area contributed by atoms with Crippen LogP contribution in [0.25, 0.3) is 6.08 Å². The van der Waals surface area contributed by atoms with Crippen molar-refractivity contribution in [3.8, 4) is 28.7 Å². The van der Waals surface area contributed by atoms with E-state index in [0.29, 0.717) is 86.8 Å². The van der Waals surface area contributed by atoms with Crippen LogP contribution in [0.1, 0.15) is 95.6 Å². The van der Waals surface area contributed by atoms with Gasteiger partial charge in [-0.25, -0.2) is 14.8 Å². The zero-order valence-electron chi connectivity index (χ0n) is 50.3. The zero-order valence-corrected chi connectivity index (χ0v) is 50.3. The average Bonchev–Trinajstić information content (AvgIpc) is 1.44. The van der Waals surface area contributed by atoms with Crippen LogP contribution in [0.4, 0.5) is 11.5 Å². The predicted molar refractivity (Wildman–Crippen MR) is 336 cm³/mol. The summed E-state index contributed by atoms with van der Waals surface area (Å²) in [6.45, 7) is -0.207. The number of nitrogens with zero attached hydrogens (tertiary/aromatic N) is 3. The van der Waals surface area contributed by atoms with Gasteiger partial charge < -0.3 is 97.1 Å². The van der Waals surface area contributed by atoms with Crippen molar-refractivity contribution in [2.75, 3.05) is 36.5 Å². The number of phenols is 4. The maximum atomic E-state index is 16.0. The molecule has 2 aromatic heterocycles. The quantitative estimate of drug-likeness (QED) is 0.00907. The minimum atomic E-state index is -3.38. The number of amides is 1. The van der Waals surface area contributed by atoms with Crippen molar-refractivity contribution in [3.63, 3.8) is 0 Å². The Morgan fingerprint density at radius 3 is 2.50 bits per heavy atom. The lowest BCUT2D eigenvalue weighted by molar-refractivity contribution is -0.422. The Hall–Kier alpha value is -8.72. The number of aliphatic hydroxyl groups excluding tert-OH is 6. The number of carboxylic acid groups (broad SMARTS) is 1. The molecule has 4 heterocycles. The largest absolute Gasteiger partial charge is 0.508 e. The molecule has 4 aliphatic carbocycles. The molecule has 0 spiro atoms. The van der Waals surface area contributed by atoms with Gasteiger partial charge in [0.25, 0.3) is 5.91 Å². The van der Waals surface area contributed by atoms with Crippen molar-refractivity contribution in [2.45, 2.75) is 124 Å². The number of carbonyl (C=O) groups excluding carboxylic acids is 1. The lowest BCUT2D eigenvalue weighted by Crippen LogP contribution is -2.67. The Bertz CT molecular complexity index is 3840. The second kappa shape index (κ2) is 25.4. The molecule has 6 aromatic rings. The molecule has 4 aromatic carbocycles. The van der Waals surface area contributed by atoms with Crippen LogP contribution < -0.4 is 26.0 Å². The number of aliphatic hydroxyl groups is 7. The molecule has 2 fully saturated rings. The van der Waals surface area contributed by atoms with Crippen LogP contribution in [0.3, 0.4) is 0 Å². The van der Waals surface area contributed by atoms with Gasteiger partial charge in [-0.15, -0.1) is 0 Å². The van der Waals surface area contributed by atoms with Gasteiger partial charge in [0, 0.05) is 95.9 Å². The molecule has 18 N–H and O–H groups in total. The number of benzene rings is 4. The number of aryl methyl sites for hydroxylation is 1. The first-order valence-electron chi connectivity index (χ1n) is 31.2. The van der Waals surface area contributed by atoms with Crippen molar-refractivity contribution in [1.29, 1.82) is 0 Å². The number of anilines is 2. The summed E-state index contributed by atoms with van der Waals surface area (Å²) in [7, 11) is 0. The van der Waals surface area contributed by atoms with Crippen molar-refractivity contribution >= 4 is 35.4 Å². The molecule has 24 nitrogen and oxygen atoms in total. The summed E-state index contributed by atoms with van der Waals surface area (Å²) in [5, 5.41) is 147. The lowest BCUT2D eigenvalue weighted by atomic mass is 9.38. The number of imidazole rings is 1. The maximum absolute atomic E-state index is 16.0. The molecule has 6 aliphatic rings. The number of aromatic hydroxyl groups is 4. The third-order valence-corrected chi connectivity index (χ3v) is 20.1. The minimum absolute atomic E-state index is 0.0198. The number of ether oxygens (including phenoxy) is 2. The highest BCUT2D eigenvalue weighted by molar-refractivity contribution is 6.14. The fraction of sp³-hybridized carbons (Fsp3) is 0.412. The topological polar surface area (TPSA) is 406 Å². The third kappa shape index (κ3) is 10.7. The van der Waals surface area contributed by atoms with Gasteiger partial charge in [0.2, 0.25) is 5.75 Å². The highest BCUT2D eigenvalue weighted by atomic mass is 16.8. The number of aromatic nitrogens is 3. The second-order valence-corrected chi connectivity index (χ2v) is 25.0. The Kier molecular flexibility index (Phi) is 17.5. The molecule has 486 valence electrons. The van der Waals surface area contributed by atoms with Crippen LogP contribution in [-0.4, -0.2) is 162 Å². The van der Waals surface area contributed by atoms with Gasteiger partial charge in [0.1, 0.15) is 35.6 Å². The molecule has 12 rings (SSSR count). The van der Waals surface area contributed by atoms with Crippen LogP contribution in [0.2, 0.25) is 0 Å². The predicted octanol–water partition coefficient (Wildman–Crippen LogP) is 4.31. The molecule has 1 saturated carbocycles. The van der Waals surface area contributed by atoms with Gasteiger partial charge in [-0.2, -0.15) is 0 Å². The highest BCUT2D eigenvalue weighted by Crippen LogP contribution is 2.78. The summed E-state index contributed by atoms with van der Waals surface area (Å²) in [5.41, 5.74) is 4.65. The molecular formula is C68H78N8O16. The summed E-state index contributed by atoms with van der Waals surface area (Å²) in [6, 6.07) is 24.1. The molecule has 2 aliphatic heterocycles. The normalized spacial score (nSPS) is 29.2. The number of allylic oxidation sites excluding steroid dienone is 2. The molecule has 0 radical (unpaired) electrons. The number of carboxylic acids is 1. The van der Waals surface area contributed by atoms with E-state index < -0.39 is 119 Å². The maximum Gasteiger partial charge on any atom is 0.355 e. The Morgan fingerprint density at radius 2 is 1.74 bits per heavy atom. The van der Waals surface area contributed by atoms with E-state index in [1.54, 1.807) is 36.8 Å². The number of aliphatic imine (C=N–C) groups is 1. The number of nitrogens with one attached hydrogen (secondary N) is 4. The van der Waals surface area contributed by atoms with Crippen molar-refractivity contribution in [3.05, 3.63) is 172 Å². The number of guanidine groups is 1. The number of carbonyl (C=O) groups is 2. The summed E-state index contributed by atoms with van der Waals surface area (Å²) in [6.07, 6.45) is 5.49. The van der Waals surface area contributed by atoms with Crippen LogP contribution in [0.5, 0.6) is 28.7 Å². The SMILES string of the molecule is NC(=NCc1ccccc1)NCCCC(O)C1C=CC2(C34c5c(O)cccc5CCC3CCCC4CO)C(=CC3(C(=O)O)C2c2c(cc(OC4(O)OC(CO)C(O)C(O)C4O)c(O)c2O)N3C(=O)C=Cc2ccc(O)c(Cc3[nH]cnc3CCNc3ccc[nH]3)c2)C1. The number of hydrogen-bond acceptors (Lipinski definition) is 18. The number of hydrogen-bond donors (Lipinski definition) is 17. The number of nitrogens with two attached hydrogens (primary N) is 1. The first-order chi connectivity index (χ1) is 44.3. The molecule has 1 amide bonds. The smallest absolute Gasteiger partial charge is 0.355 e. The van der Waals surface area contributed by atoms with E-state index in [4.69, 9.17) is 15.2 Å². The fourth-order valence-corrected chi connectivity index (χ4v) is 16.1. The Morgan fingerprint density at radius 1 is 0.924 bits per heavy atom. The third-order valence-electron chi connectivity index (χ3n) is 20.1. The Labute approximate surface area is 529 Å². The second-order valence-electron chi connectivity index (χ2n) is 25.0. The number of phenolic OH excluding ortho intramolecular Hbond substituents is 4. The number of H-pyrrole nitrogens is 2. The molecule has 1 saturated heterocycles. The van der Waals surface area contributed by atoms with Gasteiger partial charge in [0.05, 0.1) is 37.0 Å². The molecule has 24 heteroatoms. The van der Waals surface area contributed by atoms with E-state index >= 15 is 9.59 Å². The van der Waals surface area contributed by atoms with Crippen molar-refractivity contribution in [2.24, 2.45) is 33.9 Å². The van der Waals surface area contributed by atoms with E-state index in [0.717, 1.165) is 45.4 Å². The molecule has 92 heavy (non-hydrogen) atoms. The van der Waals surface area contributed by atoms with Crippen LogP contribution in [0, 0.1) is 23.2 Å². The minimum Gasteiger partial charge on any atom is -0.508 e. The van der Waals surface area contributed by atoms with Crippen LogP contribution in [-0.2, 0) is 45.5 Å². The first-order valence-corrected chi connectivity index (χ1v) is 31.2. The number of aromatic amines is 2. The Balaban J connectivity index is 0.990. The summed E-state index contributed by atoms with van der Waals surface area (Å²) in [4.78, 5) is 47.5. The van der Waals surface area contributed by atoms with Gasteiger partial charge in [-0.1, -0.05) is 72.7 Å². The first kappa shape index (κ1) is 63.4. The summed E-state index contributed by atoms with van der Waals surface area (Å²) < 4.78 is 11.2. The lowest BCUT2D eigenvalue weighted by Gasteiger charge is -2.64. The van der Waals surface area contributed by atoms with Gasteiger partial charge in [-0.05, 0) is 116 Å². The number of aliphatic carboxylic acids is 1. The van der Waals surface area contributed by atoms with E-state index in [-0.39, 0.29) is 48.0 Å². The van der Waals surface area contributed by atoms with E-state index in [1.165, 1.54) is 18.2 Å². The van der Waals surface area contributed by atoms with E-state index in [9.17, 15) is 61.3 Å². The molecule has 0 bridgehead atoms. The highest BCUT2D eigenvalue weighted by Gasteiger charge is 2.78. The summed E-state index contributed by atoms with van der Waals surface area (Å²) in [5.74, 6) is -11.7. The van der Waals surface area contributed by atoms with Crippen molar-refractivity contribution in [1.82, 2.24) is 20.3 Å². The molecule has 13 unspecified atom stereocenters. The monoisotopic (exact) mass is 1260 g/mol. The van der Waals surface area contributed by atoms with E-state index in [2.05, 4.69) is 30.6 Å². The standard InChI is InChI=1S/C68H78N8O16/c69-64(73-33-38-8-2-1-3-9-38)72-26-6-14-48(79)40-22-24-65(67-42(11-5-12-43(67)34-77)19-18-39-10-4-13-50(81)56(39)67)44(29-40)32-66(63(88)89)61(65)55-47(31-51(57(83)59(55)85)91-68(90)62(87)60(86)58(84)52(35-78)92-68)76(66)54(82)21-17-37-16-20-49(80)41(28-37)30-46-45(74-36-75-46)23-27-71-53-15-7-25-70-53/h1-4,7-10,13,15-17,20-22,24-25,28,31-32,36,40,42-43,48,52,58,60-62,70-71,77-81,83-87,90H,5-6,11-12,14,18-19,23,26-27,29-30,33-35H2,(H,74,75)(H,88,89)(H3,69,72,73). The van der Waals surface area contributed by atoms with Gasteiger partial charge in [0.15, 0.2) is 29.1 Å². The molecule has 13 atom stereocenters. The zero-order chi connectivity index (χ0) is 64.9. The van der Waals surface area contributed by atoms with Crippen molar-refractivity contribution < 1.29 is 80.3 Å². The summed E-state index contributed by atoms with van der Waals surface area (Å²) >= 11 is 0. The number of rotatable bonds is 21.